The van der Waals surface area contributed by atoms with E-state index in [1.54, 1.807) is 30.6 Å². The number of amides is 2. The van der Waals surface area contributed by atoms with Crippen molar-refractivity contribution in [3.63, 3.8) is 0 Å². The predicted molar refractivity (Wildman–Crippen MR) is 206 cm³/mol. The maximum Gasteiger partial charge on any atom is 0.224 e. The molecule has 6 nitrogen and oxygen atoms in total. The molecular formula is C39H46N4O2S2. The minimum absolute atomic E-state index is 0.00208. The van der Waals surface area contributed by atoms with Crippen LogP contribution in [0.3, 0.4) is 0 Å². The molecule has 0 spiro atoms. The molecule has 0 heterocycles. The number of benzene rings is 4. The first-order valence-electron chi connectivity index (χ1n) is 15.8. The van der Waals surface area contributed by atoms with Gasteiger partial charge < -0.3 is 20.9 Å². The van der Waals surface area contributed by atoms with Crippen molar-refractivity contribution in [1.82, 2.24) is 5.32 Å². The molecule has 246 valence electrons. The highest BCUT2D eigenvalue weighted by atomic mass is 32.2. The number of thioether (sulfide) groups is 2. The molecule has 4 rings (SSSR count). The number of anilines is 4. The van der Waals surface area contributed by atoms with Crippen LogP contribution in [0.15, 0.2) is 84.9 Å². The maximum atomic E-state index is 12.9. The Balaban J connectivity index is 1.33. The summed E-state index contributed by atoms with van der Waals surface area (Å²) < 4.78 is 0. The zero-order chi connectivity index (χ0) is 33.9. The lowest BCUT2D eigenvalue weighted by atomic mass is 10.0. The molecule has 0 saturated carbocycles. The first-order valence-corrected chi connectivity index (χ1v) is 18.2. The van der Waals surface area contributed by atoms with Crippen LogP contribution in [0, 0.1) is 13.8 Å². The van der Waals surface area contributed by atoms with Crippen LogP contribution in [0.1, 0.15) is 46.2 Å². The Morgan fingerprint density at radius 3 is 1.51 bits per heavy atom. The number of rotatable bonds is 14. The Morgan fingerprint density at radius 1 is 0.638 bits per heavy atom. The van der Waals surface area contributed by atoms with Gasteiger partial charge in [0.25, 0.3) is 0 Å². The van der Waals surface area contributed by atoms with Gasteiger partial charge in [0.05, 0.1) is 0 Å². The zero-order valence-electron chi connectivity index (χ0n) is 28.5. The molecule has 0 unspecified atom stereocenters. The Morgan fingerprint density at radius 2 is 1.09 bits per heavy atom. The molecule has 47 heavy (non-hydrogen) atoms. The lowest BCUT2D eigenvalue weighted by molar-refractivity contribution is -0.120. The van der Waals surface area contributed by atoms with Crippen LogP contribution in [0.25, 0.3) is 9.81 Å². The molecular weight excluding hydrogens is 621 g/mol. The van der Waals surface area contributed by atoms with E-state index in [-0.39, 0.29) is 11.8 Å². The van der Waals surface area contributed by atoms with Gasteiger partial charge in [0.2, 0.25) is 11.8 Å². The normalized spacial score (nSPS) is 11.5. The van der Waals surface area contributed by atoms with E-state index in [1.807, 2.05) is 26.2 Å². The van der Waals surface area contributed by atoms with Crippen molar-refractivity contribution < 1.29 is 9.59 Å². The molecule has 0 atom stereocenters. The van der Waals surface area contributed by atoms with E-state index in [9.17, 15) is 9.59 Å². The number of aryl methyl sites for hydroxylation is 4. The van der Waals surface area contributed by atoms with Gasteiger partial charge in [-0.25, -0.2) is 0 Å². The molecule has 8 heteroatoms. The Kier molecular flexibility index (Phi) is 13.0. The second kappa shape index (κ2) is 17.1. The smallest absolute Gasteiger partial charge is 0.224 e. The van der Waals surface area contributed by atoms with E-state index < -0.39 is 0 Å². The van der Waals surface area contributed by atoms with Crippen LogP contribution in [0.4, 0.5) is 22.7 Å². The second-order valence-corrected chi connectivity index (χ2v) is 13.3. The summed E-state index contributed by atoms with van der Waals surface area (Å²) in [5.74, 6) is 0.0486. The summed E-state index contributed by atoms with van der Waals surface area (Å²) in [6, 6.07) is 29.3. The van der Waals surface area contributed by atoms with E-state index in [2.05, 4.69) is 120 Å². The maximum absolute atomic E-state index is 12.9. The van der Waals surface area contributed by atoms with Gasteiger partial charge >= 0.3 is 0 Å². The molecule has 2 amide bonds. The third kappa shape index (κ3) is 9.92. The first kappa shape index (κ1) is 35.7. The van der Waals surface area contributed by atoms with E-state index in [0.717, 1.165) is 45.7 Å². The lowest BCUT2D eigenvalue weighted by Crippen LogP contribution is -2.18. The lowest BCUT2D eigenvalue weighted by Gasteiger charge is -2.16. The summed E-state index contributed by atoms with van der Waals surface area (Å²) in [6.07, 6.45) is 6.50. The minimum Gasteiger partial charge on any atom is -0.378 e. The average Bonchev–Trinajstić information content (AvgIpc) is 3.06. The van der Waals surface area contributed by atoms with Gasteiger partial charge in [-0.3, -0.25) is 9.59 Å². The Bertz CT molecular complexity index is 1710. The quantitative estimate of drug-likeness (QED) is 0.117. The SMILES string of the molecule is CNC(=O)CCc1ccc(Nc2ccc(CCC(=O)Nc3ccc(/C(SC)=C(/SC)c4ccc(N(C)C)cc4)cc3)c(C)c2)cc1C. The van der Waals surface area contributed by atoms with Crippen LogP contribution in [-0.2, 0) is 22.4 Å². The van der Waals surface area contributed by atoms with Crippen molar-refractivity contribution in [1.29, 1.82) is 0 Å². The average molecular weight is 667 g/mol. The highest BCUT2D eigenvalue weighted by molar-refractivity contribution is 8.13. The topological polar surface area (TPSA) is 73.5 Å². The summed E-state index contributed by atoms with van der Waals surface area (Å²) in [5.41, 5.74) is 10.9. The molecule has 0 aliphatic rings. The molecule has 3 N–H and O–H groups in total. The number of hydrogen-bond acceptors (Lipinski definition) is 6. The van der Waals surface area contributed by atoms with Crippen molar-refractivity contribution >= 4 is 67.9 Å². The van der Waals surface area contributed by atoms with Gasteiger partial charge in [-0.05, 0) is 121 Å². The number of carbonyl (C=O) groups is 2. The molecule has 0 fully saturated rings. The third-order valence-electron chi connectivity index (χ3n) is 8.19. The molecule has 0 aliphatic heterocycles. The number of nitrogens with one attached hydrogen (secondary N) is 3. The van der Waals surface area contributed by atoms with Gasteiger partial charge in [0.15, 0.2) is 0 Å². The van der Waals surface area contributed by atoms with Crippen molar-refractivity contribution in [3.05, 3.63) is 118 Å². The van der Waals surface area contributed by atoms with Crippen LogP contribution in [0.2, 0.25) is 0 Å². The molecule has 4 aromatic rings. The van der Waals surface area contributed by atoms with Crippen molar-refractivity contribution in [3.8, 4) is 0 Å². The van der Waals surface area contributed by atoms with Gasteiger partial charge in [0.1, 0.15) is 0 Å². The summed E-state index contributed by atoms with van der Waals surface area (Å²) in [7, 11) is 5.76. The molecule has 0 aromatic heterocycles. The molecule has 4 aromatic carbocycles. The summed E-state index contributed by atoms with van der Waals surface area (Å²) in [6.45, 7) is 4.16. The fraction of sp³-hybridized carbons (Fsp3) is 0.282. The van der Waals surface area contributed by atoms with Gasteiger partial charge in [-0.1, -0.05) is 36.4 Å². The zero-order valence-corrected chi connectivity index (χ0v) is 30.1. The summed E-state index contributed by atoms with van der Waals surface area (Å²) in [5, 5.41) is 9.24. The van der Waals surface area contributed by atoms with E-state index in [1.165, 1.54) is 26.6 Å². The molecule has 0 bridgehead atoms. The number of carbonyl (C=O) groups excluding carboxylic acids is 2. The summed E-state index contributed by atoms with van der Waals surface area (Å²) >= 11 is 3.49. The Labute approximate surface area is 288 Å². The van der Waals surface area contributed by atoms with Crippen molar-refractivity contribution in [2.75, 3.05) is 49.2 Å². The van der Waals surface area contributed by atoms with Crippen LogP contribution < -0.4 is 20.9 Å². The highest BCUT2D eigenvalue weighted by Gasteiger charge is 2.13. The second-order valence-electron chi connectivity index (χ2n) is 11.7. The fourth-order valence-electron chi connectivity index (χ4n) is 5.42. The van der Waals surface area contributed by atoms with E-state index in [0.29, 0.717) is 19.3 Å². The van der Waals surface area contributed by atoms with Crippen LogP contribution >= 0.6 is 23.5 Å². The standard InChI is InChI=1S/C39H46N4O2S2/c1-26-24-33(18-8-28(26)14-22-36(44)40-3)41-34-19-9-29(27(2)25-34)15-23-37(45)42-32-16-10-30(11-17-32)38(46-6)39(47-7)31-12-20-35(21-13-31)43(4)5/h8-13,16-21,24-25,41H,14-15,22-23H2,1-7H3,(H,40,44)(H,42,45)/b39-38-. The summed E-state index contributed by atoms with van der Waals surface area (Å²) in [4.78, 5) is 29.0. The monoisotopic (exact) mass is 666 g/mol. The van der Waals surface area contributed by atoms with E-state index >= 15 is 0 Å². The van der Waals surface area contributed by atoms with Gasteiger partial charge in [-0.2, -0.15) is 0 Å². The fourth-order valence-corrected chi connectivity index (χ4v) is 7.27. The molecule has 0 saturated heterocycles. The number of nitrogens with zero attached hydrogens (tertiary/aromatic N) is 1. The Hall–Kier alpha value is -4.14. The molecule has 0 aliphatic carbocycles. The minimum atomic E-state index is -0.00208. The van der Waals surface area contributed by atoms with E-state index in [4.69, 9.17) is 0 Å². The van der Waals surface area contributed by atoms with Crippen molar-refractivity contribution in [2.24, 2.45) is 0 Å². The molecule has 0 radical (unpaired) electrons. The largest absolute Gasteiger partial charge is 0.378 e. The van der Waals surface area contributed by atoms with Crippen LogP contribution in [-0.4, -0.2) is 45.5 Å². The van der Waals surface area contributed by atoms with Crippen molar-refractivity contribution in [2.45, 2.75) is 39.5 Å². The van der Waals surface area contributed by atoms with Gasteiger partial charge in [0, 0.05) is 66.5 Å². The highest BCUT2D eigenvalue weighted by Crippen LogP contribution is 2.40. The van der Waals surface area contributed by atoms with Gasteiger partial charge in [-0.15, -0.1) is 23.5 Å². The first-order chi connectivity index (χ1) is 22.6. The predicted octanol–water partition coefficient (Wildman–Crippen LogP) is 8.91. The number of hydrogen-bond donors (Lipinski definition) is 3. The third-order valence-corrected chi connectivity index (χ3v) is 10.0. The van der Waals surface area contributed by atoms with Crippen LogP contribution in [0.5, 0.6) is 0 Å².